The summed E-state index contributed by atoms with van der Waals surface area (Å²) >= 11 is 0. The van der Waals surface area contributed by atoms with Gasteiger partial charge in [0.05, 0.1) is 19.0 Å². The van der Waals surface area contributed by atoms with Gasteiger partial charge in [0.25, 0.3) is 0 Å². The van der Waals surface area contributed by atoms with Gasteiger partial charge in [-0.3, -0.25) is 4.99 Å². The van der Waals surface area contributed by atoms with Crippen molar-refractivity contribution in [2.45, 2.75) is 20.0 Å². The summed E-state index contributed by atoms with van der Waals surface area (Å²) in [6, 6.07) is 8.04. The molecule has 0 saturated heterocycles. The normalized spacial score (nSPS) is 14.6. The topological polar surface area (TPSA) is 33.6 Å². The van der Waals surface area contributed by atoms with Crippen molar-refractivity contribution in [2.24, 2.45) is 4.99 Å². The zero-order chi connectivity index (χ0) is 11.4. The number of para-hydroxylation sites is 1. The van der Waals surface area contributed by atoms with E-state index in [1.807, 2.05) is 32.0 Å². The second-order valence-electron chi connectivity index (χ2n) is 3.92. The summed E-state index contributed by atoms with van der Waals surface area (Å²) in [6.07, 6.45) is 3.96. The highest BCUT2D eigenvalue weighted by atomic mass is 16.5. The average Bonchev–Trinajstić information content (AvgIpc) is 2.30. The maximum absolute atomic E-state index is 5.77. The number of nitrogens with zero attached hydrogens (tertiary/aromatic N) is 1. The van der Waals surface area contributed by atoms with Crippen molar-refractivity contribution < 1.29 is 4.74 Å². The van der Waals surface area contributed by atoms with E-state index in [1.54, 1.807) is 6.34 Å². The molecule has 0 saturated carbocycles. The standard InChI is InChI=1S/C13H16N2O/c1-10(2)16-13-6-4-3-5-11(13)12-7-8-14-9-15-12/h3-7,9-10H,8H2,1-2H3,(H,14,15). The van der Waals surface area contributed by atoms with Gasteiger partial charge in [-0.05, 0) is 32.1 Å². The highest BCUT2D eigenvalue weighted by Gasteiger charge is 2.09. The van der Waals surface area contributed by atoms with E-state index in [-0.39, 0.29) is 6.10 Å². The number of hydrogen-bond acceptors (Lipinski definition) is 3. The van der Waals surface area contributed by atoms with Crippen LogP contribution in [0, 0.1) is 0 Å². The quantitative estimate of drug-likeness (QED) is 0.842. The number of hydrogen-bond donors (Lipinski definition) is 1. The molecule has 1 N–H and O–H groups in total. The summed E-state index contributed by atoms with van der Waals surface area (Å²) in [7, 11) is 0. The Morgan fingerprint density at radius 2 is 2.12 bits per heavy atom. The Kier molecular flexibility index (Phi) is 3.25. The third-order valence-corrected chi connectivity index (χ3v) is 2.25. The second-order valence-corrected chi connectivity index (χ2v) is 3.92. The van der Waals surface area contributed by atoms with E-state index in [2.05, 4.69) is 22.5 Å². The van der Waals surface area contributed by atoms with Crippen molar-refractivity contribution in [3.05, 3.63) is 35.9 Å². The molecule has 3 nitrogen and oxygen atoms in total. The Morgan fingerprint density at radius 1 is 1.31 bits per heavy atom. The third kappa shape index (κ3) is 2.42. The van der Waals surface area contributed by atoms with Crippen LogP contribution in [0.5, 0.6) is 5.75 Å². The summed E-state index contributed by atoms with van der Waals surface area (Å²) in [5.41, 5.74) is 2.15. The molecule has 0 spiro atoms. The fourth-order valence-electron chi connectivity index (χ4n) is 1.60. The first-order valence-electron chi connectivity index (χ1n) is 5.48. The molecule has 16 heavy (non-hydrogen) atoms. The van der Waals surface area contributed by atoms with E-state index in [9.17, 15) is 0 Å². The second kappa shape index (κ2) is 4.84. The minimum Gasteiger partial charge on any atom is -0.490 e. The molecule has 0 aromatic heterocycles. The monoisotopic (exact) mass is 216 g/mol. The summed E-state index contributed by atoms with van der Waals surface area (Å²) in [4.78, 5) is 4.09. The van der Waals surface area contributed by atoms with E-state index in [0.717, 1.165) is 23.6 Å². The van der Waals surface area contributed by atoms with Crippen molar-refractivity contribution in [3.63, 3.8) is 0 Å². The predicted molar refractivity (Wildman–Crippen MR) is 66.7 cm³/mol. The number of benzene rings is 1. The summed E-state index contributed by atoms with van der Waals surface area (Å²) in [5.74, 6) is 0.909. The van der Waals surface area contributed by atoms with Crippen molar-refractivity contribution >= 4 is 12.0 Å². The first-order valence-corrected chi connectivity index (χ1v) is 5.48. The van der Waals surface area contributed by atoms with Gasteiger partial charge in [-0.15, -0.1) is 0 Å². The maximum Gasteiger partial charge on any atom is 0.128 e. The molecule has 2 rings (SSSR count). The van der Waals surface area contributed by atoms with Crippen LogP contribution in [0.3, 0.4) is 0 Å². The van der Waals surface area contributed by atoms with Crippen molar-refractivity contribution in [1.29, 1.82) is 0 Å². The fraction of sp³-hybridized carbons (Fsp3) is 0.308. The van der Waals surface area contributed by atoms with Crippen molar-refractivity contribution in [2.75, 3.05) is 6.54 Å². The first-order chi connectivity index (χ1) is 7.77. The van der Waals surface area contributed by atoms with Crippen molar-refractivity contribution in [1.82, 2.24) is 5.32 Å². The molecule has 1 heterocycles. The van der Waals surface area contributed by atoms with Crippen LogP contribution in [0.2, 0.25) is 0 Å². The zero-order valence-corrected chi connectivity index (χ0v) is 9.60. The van der Waals surface area contributed by atoms with Crippen LogP contribution in [0.4, 0.5) is 0 Å². The van der Waals surface area contributed by atoms with E-state index < -0.39 is 0 Å². The van der Waals surface area contributed by atoms with E-state index in [0.29, 0.717) is 0 Å². The minimum atomic E-state index is 0.180. The van der Waals surface area contributed by atoms with Gasteiger partial charge in [0.1, 0.15) is 5.75 Å². The predicted octanol–water partition coefficient (Wildman–Crippen LogP) is 2.45. The SMILES string of the molecule is CC(C)Oc1ccccc1C1=CCN=CN1. The smallest absolute Gasteiger partial charge is 0.128 e. The molecule has 1 aromatic rings. The van der Waals surface area contributed by atoms with E-state index >= 15 is 0 Å². The molecule has 0 atom stereocenters. The highest BCUT2D eigenvalue weighted by molar-refractivity contribution is 5.80. The van der Waals surface area contributed by atoms with Gasteiger partial charge in [-0.2, -0.15) is 0 Å². The molecule has 0 unspecified atom stereocenters. The van der Waals surface area contributed by atoms with Gasteiger partial charge >= 0.3 is 0 Å². The molecular weight excluding hydrogens is 200 g/mol. The van der Waals surface area contributed by atoms with Gasteiger partial charge in [0.15, 0.2) is 0 Å². The lowest BCUT2D eigenvalue weighted by Gasteiger charge is -2.17. The largest absolute Gasteiger partial charge is 0.490 e. The van der Waals surface area contributed by atoms with Gasteiger partial charge in [0.2, 0.25) is 0 Å². The molecule has 1 aliphatic rings. The van der Waals surface area contributed by atoms with Crippen LogP contribution in [-0.4, -0.2) is 19.0 Å². The Labute approximate surface area is 95.8 Å². The van der Waals surface area contributed by atoms with Crippen LogP contribution >= 0.6 is 0 Å². The number of nitrogens with one attached hydrogen (secondary N) is 1. The lowest BCUT2D eigenvalue weighted by Crippen LogP contribution is -2.15. The fourth-order valence-corrected chi connectivity index (χ4v) is 1.60. The molecular formula is C13H16N2O. The van der Waals surface area contributed by atoms with Crippen LogP contribution in [-0.2, 0) is 0 Å². The molecule has 0 bridgehead atoms. The summed E-state index contributed by atoms with van der Waals surface area (Å²) in [6.45, 7) is 4.78. The van der Waals surface area contributed by atoms with Gasteiger partial charge in [-0.25, -0.2) is 0 Å². The lowest BCUT2D eigenvalue weighted by molar-refractivity contribution is 0.241. The molecule has 0 fully saturated rings. The Hall–Kier alpha value is -1.77. The Bertz CT molecular complexity index is 422. The summed E-state index contributed by atoms with van der Waals surface area (Å²) in [5, 5.41) is 3.14. The van der Waals surface area contributed by atoms with Gasteiger partial charge < -0.3 is 10.1 Å². The third-order valence-electron chi connectivity index (χ3n) is 2.25. The molecule has 1 aliphatic heterocycles. The van der Waals surface area contributed by atoms with Crippen LogP contribution in [0.1, 0.15) is 19.4 Å². The molecule has 0 amide bonds. The van der Waals surface area contributed by atoms with Gasteiger partial charge in [-0.1, -0.05) is 12.1 Å². The first kappa shape index (κ1) is 10.7. The number of aliphatic imine (C=N–C) groups is 1. The lowest BCUT2D eigenvalue weighted by atomic mass is 10.1. The molecule has 1 aromatic carbocycles. The van der Waals surface area contributed by atoms with Crippen molar-refractivity contribution in [3.8, 4) is 5.75 Å². The van der Waals surface area contributed by atoms with Crippen LogP contribution < -0.4 is 10.1 Å². The number of ether oxygens (including phenoxy) is 1. The van der Waals surface area contributed by atoms with E-state index in [1.165, 1.54) is 0 Å². The maximum atomic E-state index is 5.77. The van der Waals surface area contributed by atoms with E-state index in [4.69, 9.17) is 4.74 Å². The van der Waals surface area contributed by atoms with Crippen LogP contribution in [0.25, 0.3) is 5.70 Å². The number of rotatable bonds is 3. The van der Waals surface area contributed by atoms with Crippen LogP contribution in [0.15, 0.2) is 35.3 Å². The Morgan fingerprint density at radius 3 is 2.81 bits per heavy atom. The van der Waals surface area contributed by atoms with Gasteiger partial charge in [0, 0.05) is 11.3 Å². The Balaban J connectivity index is 2.28. The molecule has 84 valence electrons. The molecule has 0 radical (unpaired) electrons. The minimum absolute atomic E-state index is 0.180. The highest BCUT2D eigenvalue weighted by Crippen LogP contribution is 2.25. The molecule has 3 heteroatoms. The zero-order valence-electron chi connectivity index (χ0n) is 9.60. The summed E-state index contributed by atoms with van der Waals surface area (Å²) < 4.78 is 5.77. The average molecular weight is 216 g/mol. The molecule has 0 aliphatic carbocycles.